The number of pyridine rings is 1. The van der Waals surface area contributed by atoms with Crippen LogP contribution in [0.1, 0.15) is 29.7 Å². The third kappa shape index (κ3) is 3.11. The fourth-order valence-corrected chi connectivity index (χ4v) is 1.97. The van der Waals surface area contributed by atoms with Gasteiger partial charge in [-0.25, -0.2) is 9.97 Å². The lowest BCUT2D eigenvalue weighted by Crippen LogP contribution is -2.25. The average Bonchev–Trinajstić information content (AvgIpc) is 2.45. The standard InChI is InChI=1S/C13H13F3N4/c1-2-20-12(9-5-18-8-19-6-9)10-7-17-4-3-11(10)13(14,15)16/h3-8,12,20H,2H2,1H3. The summed E-state index contributed by atoms with van der Waals surface area (Å²) in [5.74, 6) is 0. The summed E-state index contributed by atoms with van der Waals surface area (Å²) in [5, 5.41) is 3.01. The lowest BCUT2D eigenvalue weighted by atomic mass is 9.98. The van der Waals surface area contributed by atoms with Crippen molar-refractivity contribution in [2.45, 2.75) is 19.1 Å². The summed E-state index contributed by atoms with van der Waals surface area (Å²) in [6, 6.07) is 0.329. The van der Waals surface area contributed by atoms with Crippen molar-refractivity contribution in [3.8, 4) is 0 Å². The van der Waals surface area contributed by atoms with Crippen LogP contribution in [0.5, 0.6) is 0 Å². The zero-order valence-electron chi connectivity index (χ0n) is 10.7. The van der Waals surface area contributed by atoms with Crippen molar-refractivity contribution in [1.29, 1.82) is 0 Å². The number of hydrogen-bond donors (Lipinski definition) is 1. The van der Waals surface area contributed by atoms with Crippen molar-refractivity contribution in [2.75, 3.05) is 6.54 Å². The molecule has 0 fully saturated rings. The van der Waals surface area contributed by atoms with E-state index in [0.29, 0.717) is 12.1 Å². The van der Waals surface area contributed by atoms with Crippen LogP contribution in [0.3, 0.4) is 0 Å². The van der Waals surface area contributed by atoms with Crippen molar-refractivity contribution in [1.82, 2.24) is 20.3 Å². The fourth-order valence-electron chi connectivity index (χ4n) is 1.97. The number of aromatic nitrogens is 3. The topological polar surface area (TPSA) is 50.7 Å². The number of nitrogens with one attached hydrogen (secondary N) is 1. The SMILES string of the molecule is CCNC(c1cncnc1)c1cnccc1C(F)(F)F. The molecule has 1 atom stereocenters. The molecule has 7 heteroatoms. The number of rotatable bonds is 4. The molecule has 20 heavy (non-hydrogen) atoms. The fraction of sp³-hybridized carbons (Fsp3) is 0.308. The van der Waals surface area contributed by atoms with Crippen LogP contribution in [0.4, 0.5) is 13.2 Å². The normalized spacial score (nSPS) is 13.2. The molecule has 4 nitrogen and oxygen atoms in total. The molecule has 1 N–H and O–H groups in total. The van der Waals surface area contributed by atoms with Crippen LogP contribution in [0.15, 0.2) is 37.2 Å². The molecule has 0 aliphatic rings. The van der Waals surface area contributed by atoms with Crippen LogP contribution in [-0.4, -0.2) is 21.5 Å². The molecule has 0 amide bonds. The molecular formula is C13H13F3N4. The number of halogens is 3. The van der Waals surface area contributed by atoms with Crippen molar-refractivity contribution >= 4 is 0 Å². The summed E-state index contributed by atoms with van der Waals surface area (Å²) in [6.45, 7) is 2.33. The van der Waals surface area contributed by atoms with Crippen molar-refractivity contribution < 1.29 is 13.2 Å². The maximum absolute atomic E-state index is 13.1. The Bertz CT molecular complexity index is 557. The molecule has 0 saturated carbocycles. The maximum atomic E-state index is 13.1. The van der Waals surface area contributed by atoms with Gasteiger partial charge in [0.15, 0.2) is 0 Å². The van der Waals surface area contributed by atoms with Crippen LogP contribution < -0.4 is 5.32 Å². The van der Waals surface area contributed by atoms with E-state index >= 15 is 0 Å². The quantitative estimate of drug-likeness (QED) is 0.936. The van der Waals surface area contributed by atoms with Crippen molar-refractivity contribution in [3.63, 3.8) is 0 Å². The van der Waals surface area contributed by atoms with Gasteiger partial charge in [-0.2, -0.15) is 13.2 Å². The number of nitrogens with zero attached hydrogens (tertiary/aromatic N) is 3. The minimum absolute atomic E-state index is 0.0663. The first kappa shape index (κ1) is 14.4. The Labute approximate surface area is 114 Å². The number of alkyl halides is 3. The second-order valence-electron chi connectivity index (χ2n) is 4.12. The molecule has 2 aromatic heterocycles. The minimum Gasteiger partial charge on any atom is -0.306 e. The molecule has 0 spiro atoms. The third-order valence-electron chi connectivity index (χ3n) is 2.79. The second kappa shape index (κ2) is 5.96. The zero-order valence-corrected chi connectivity index (χ0v) is 10.7. The van der Waals surface area contributed by atoms with Gasteiger partial charge in [-0.05, 0) is 12.6 Å². The first-order chi connectivity index (χ1) is 9.54. The summed E-state index contributed by atoms with van der Waals surface area (Å²) in [5.41, 5.74) is -0.0770. The monoisotopic (exact) mass is 282 g/mol. The molecule has 0 aliphatic heterocycles. The highest BCUT2D eigenvalue weighted by atomic mass is 19.4. The van der Waals surface area contributed by atoms with E-state index in [0.717, 1.165) is 12.3 Å². The Balaban J connectivity index is 2.51. The van der Waals surface area contributed by atoms with Gasteiger partial charge in [0.1, 0.15) is 6.33 Å². The molecule has 2 rings (SSSR count). The zero-order chi connectivity index (χ0) is 14.6. The molecule has 2 heterocycles. The predicted molar refractivity (Wildman–Crippen MR) is 66.8 cm³/mol. The average molecular weight is 282 g/mol. The molecule has 1 unspecified atom stereocenters. The van der Waals surface area contributed by atoms with Gasteiger partial charge in [0.2, 0.25) is 0 Å². The van der Waals surface area contributed by atoms with Crippen LogP contribution in [-0.2, 0) is 6.18 Å². The summed E-state index contributed by atoms with van der Waals surface area (Å²) in [7, 11) is 0. The second-order valence-corrected chi connectivity index (χ2v) is 4.12. The van der Waals surface area contributed by atoms with E-state index < -0.39 is 17.8 Å². The molecular weight excluding hydrogens is 269 g/mol. The largest absolute Gasteiger partial charge is 0.416 e. The Kier molecular flexibility index (Phi) is 4.29. The molecule has 0 aromatic carbocycles. The van der Waals surface area contributed by atoms with E-state index in [4.69, 9.17) is 0 Å². The highest BCUT2D eigenvalue weighted by molar-refractivity contribution is 5.35. The van der Waals surface area contributed by atoms with Crippen LogP contribution >= 0.6 is 0 Å². The molecule has 106 valence electrons. The van der Waals surface area contributed by atoms with Gasteiger partial charge >= 0.3 is 6.18 Å². The Morgan fingerprint density at radius 3 is 2.45 bits per heavy atom. The molecule has 0 aliphatic carbocycles. The Morgan fingerprint density at radius 2 is 1.85 bits per heavy atom. The number of hydrogen-bond acceptors (Lipinski definition) is 4. The van der Waals surface area contributed by atoms with E-state index in [9.17, 15) is 13.2 Å². The summed E-state index contributed by atoms with van der Waals surface area (Å²) >= 11 is 0. The van der Waals surface area contributed by atoms with E-state index in [1.54, 1.807) is 0 Å². The molecule has 0 radical (unpaired) electrons. The van der Waals surface area contributed by atoms with Gasteiger partial charge in [-0.15, -0.1) is 0 Å². The highest BCUT2D eigenvalue weighted by Crippen LogP contribution is 2.35. The summed E-state index contributed by atoms with van der Waals surface area (Å²) in [4.78, 5) is 11.5. The van der Waals surface area contributed by atoms with E-state index in [2.05, 4.69) is 20.3 Å². The predicted octanol–water partition coefficient (Wildman–Crippen LogP) is 2.59. The van der Waals surface area contributed by atoms with Gasteiger partial charge in [0.05, 0.1) is 11.6 Å². The van der Waals surface area contributed by atoms with Crippen molar-refractivity contribution in [3.05, 3.63) is 53.9 Å². The smallest absolute Gasteiger partial charge is 0.306 e. The van der Waals surface area contributed by atoms with Crippen LogP contribution in [0, 0.1) is 0 Å². The van der Waals surface area contributed by atoms with E-state index in [1.165, 1.54) is 24.9 Å². The van der Waals surface area contributed by atoms with Gasteiger partial charge < -0.3 is 5.32 Å². The summed E-state index contributed by atoms with van der Waals surface area (Å²) in [6.07, 6.45) is 2.25. The van der Waals surface area contributed by atoms with Gasteiger partial charge in [-0.1, -0.05) is 6.92 Å². The molecule has 0 saturated heterocycles. The first-order valence-corrected chi connectivity index (χ1v) is 6.03. The third-order valence-corrected chi connectivity index (χ3v) is 2.79. The lowest BCUT2D eigenvalue weighted by Gasteiger charge is -2.21. The minimum atomic E-state index is -4.43. The van der Waals surface area contributed by atoms with Crippen LogP contribution in [0.2, 0.25) is 0 Å². The van der Waals surface area contributed by atoms with Crippen LogP contribution in [0.25, 0.3) is 0 Å². The Morgan fingerprint density at radius 1 is 1.15 bits per heavy atom. The maximum Gasteiger partial charge on any atom is 0.416 e. The van der Waals surface area contributed by atoms with Gasteiger partial charge in [-0.3, -0.25) is 4.98 Å². The Hall–Kier alpha value is -2.02. The van der Waals surface area contributed by atoms with Gasteiger partial charge in [0.25, 0.3) is 0 Å². The first-order valence-electron chi connectivity index (χ1n) is 6.03. The summed E-state index contributed by atoms with van der Waals surface area (Å²) < 4.78 is 39.2. The van der Waals surface area contributed by atoms with Gasteiger partial charge in [0, 0.05) is 35.9 Å². The molecule has 2 aromatic rings. The lowest BCUT2D eigenvalue weighted by molar-refractivity contribution is -0.138. The molecule has 0 bridgehead atoms. The van der Waals surface area contributed by atoms with E-state index in [-0.39, 0.29) is 5.56 Å². The van der Waals surface area contributed by atoms with E-state index in [1.807, 2.05) is 6.92 Å². The highest BCUT2D eigenvalue weighted by Gasteiger charge is 2.35. The van der Waals surface area contributed by atoms with Crippen molar-refractivity contribution in [2.24, 2.45) is 0 Å².